The minimum atomic E-state index is -0.363. The van der Waals surface area contributed by atoms with E-state index in [1.54, 1.807) is 0 Å². The summed E-state index contributed by atoms with van der Waals surface area (Å²) in [7, 11) is 1.39. The highest BCUT2D eigenvalue weighted by Crippen LogP contribution is 2.45. The number of esters is 1. The molecule has 1 aliphatic rings. The Bertz CT molecular complexity index is 639. The number of hydrogen-bond acceptors (Lipinski definition) is 4. The quantitative estimate of drug-likeness (QED) is 0.528. The number of nitrogens with one attached hydrogen (secondary N) is 1. The molecular formula is C19H28ClNO3S. The van der Waals surface area contributed by atoms with Gasteiger partial charge in [-0.2, -0.15) is 0 Å². The molecule has 0 aromatic carbocycles. The predicted molar refractivity (Wildman–Crippen MR) is 104 cm³/mol. The van der Waals surface area contributed by atoms with Gasteiger partial charge in [0, 0.05) is 17.2 Å². The van der Waals surface area contributed by atoms with Crippen LogP contribution in [0.15, 0.2) is 0 Å². The molecule has 140 valence electrons. The number of rotatable bonds is 7. The molecule has 1 N–H and O–H groups in total. The molecule has 1 aromatic rings. The zero-order valence-electron chi connectivity index (χ0n) is 15.5. The Morgan fingerprint density at radius 3 is 2.72 bits per heavy atom. The molecule has 1 amide bonds. The summed E-state index contributed by atoms with van der Waals surface area (Å²) in [5, 5.41) is 3.54. The van der Waals surface area contributed by atoms with Gasteiger partial charge in [0.1, 0.15) is 5.00 Å². The van der Waals surface area contributed by atoms with Crippen molar-refractivity contribution in [1.82, 2.24) is 0 Å². The molecule has 2 rings (SSSR count). The van der Waals surface area contributed by atoms with Crippen LogP contribution in [0.25, 0.3) is 0 Å². The number of carbonyl (C=O) groups is 2. The highest BCUT2D eigenvalue weighted by molar-refractivity contribution is 7.17. The SMILES string of the molecule is CCC(C)(C)C1CCc2c(sc(NC(=O)CCCCl)c2C(=O)OC)C1. The molecule has 4 nitrogen and oxygen atoms in total. The van der Waals surface area contributed by atoms with E-state index in [-0.39, 0.29) is 17.3 Å². The second-order valence-electron chi connectivity index (χ2n) is 7.32. The Labute approximate surface area is 159 Å². The summed E-state index contributed by atoms with van der Waals surface area (Å²) in [6.07, 6.45) is 5.00. The highest BCUT2D eigenvalue weighted by Gasteiger charge is 2.35. The molecule has 1 atom stereocenters. The van der Waals surface area contributed by atoms with Crippen molar-refractivity contribution in [3.05, 3.63) is 16.0 Å². The van der Waals surface area contributed by atoms with Crippen LogP contribution >= 0.6 is 22.9 Å². The lowest BCUT2D eigenvalue weighted by atomic mass is 9.69. The van der Waals surface area contributed by atoms with Gasteiger partial charge in [-0.15, -0.1) is 22.9 Å². The number of halogens is 1. The molecule has 0 spiro atoms. The molecule has 1 aromatic heterocycles. The summed E-state index contributed by atoms with van der Waals surface area (Å²) in [6.45, 7) is 6.85. The fourth-order valence-corrected chi connectivity index (χ4v) is 4.83. The van der Waals surface area contributed by atoms with E-state index in [1.807, 2.05) is 0 Å². The Morgan fingerprint density at radius 2 is 2.12 bits per heavy atom. The maximum Gasteiger partial charge on any atom is 0.341 e. The summed E-state index contributed by atoms with van der Waals surface area (Å²) in [5.41, 5.74) is 1.89. The smallest absolute Gasteiger partial charge is 0.341 e. The van der Waals surface area contributed by atoms with Crippen molar-refractivity contribution >= 4 is 39.8 Å². The van der Waals surface area contributed by atoms with Gasteiger partial charge < -0.3 is 10.1 Å². The molecule has 0 aliphatic heterocycles. The van der Waals surface area contributed by atoms with Crippen LogP contribution in [0.2, 0.25) is 0 Å². The van der Waals surface area contributed by atoms with E-state index in [0.717, 1.165) is 31.2 Å². The number of hydrogen-bond donors (Lipinski definition) is 1. The first-order valence-electron chi connectivity index (χ1n) is 8.92. The van der Waals surface area contributed by atoms with Gasteiger partial charge in [0.05, 0.1) is 12.7 Å². The first kappa shape index (κ1) is 20.2. The summed E-state index contributed by atoms with van der Waals surface area (Å²) in [5.74, 6) is 0.577. The van der Waals surface area contributed by atoms with E-state index >= 15 is 0 Å². The zero-order valence-corrected chi connectivity index (χ0v) is 17.1. The molecule has 0 saturated carbocycles. The van der Waals surface area contributed by atoms with E-state index in [9.17, 15) is 9.59 Å². The Hall–Kier alpha value is -1.07. The zero-order chi connectivity index (χ0) is 18.6. The lowest BCUT2D eigenvalue weighted by Gasteiger charge is -2.36. The van der Waals surface area contributed by atoms with Gasteiger partial charge in [-0.25, -0.2) is 4.79 Å². The average Bonchev–Trinajstić information content (AvgIpc) is 2.96. The van der Waals surface area contributed by atoms with Gasteiger partial charge in [-0.1, -0.05) is 27.2 Å². The number of anilines is 1. The molecule has 1 unspecified atom stereocenters. The van der Waals surface area contributed by atoms with Gasteiger partial charge in [0.15, 0.2) is 0 Å². The molecule has 1 heterocycles. The van der Waals surface area contributed by atoms with E-state index in [4.69, 9.17) is 16.3 Å². The Balaban J connectivity index is 2.30. The van der Waals surface area contributed by atoms with Crippen LogP contribution in [0.5, 0.6) is 0 Å². The molecular weight excluding hydrogens is 358 g/mol. The van der Waals surface area contributed by atoms with Gasteiger partial charge in [-0.05, 0) is 42.6 Å². The monoisotopic (exact) mass is 385 g/mol. The minimum absolute atomic E-state index is 0.102. The van der Waals surface area contributed by atoms with E-state index in [0.29, 0.717) is 35.2 Å². The van der Waals surface area contributed by atoms with Crippen LogP contribution in [0.1, 0.15) is 67.3 Å². The van der Waals surface area contributed by atoms with E-state index < -0.39 is 0 Å². The third-order valence-electron chi connectivity index (χ3n) is 5.46. The summed E-state index contributed by atoms with van der Waals surface area (Å²) in [4.78, 5) is 25.6. The van der Waals surface area contributed by atoms with E-state index in [1.165, 1.54) is 23.3 Å². The van der Waals surface area contributed by atoms with Crippen LogP contribution in [0.3, 0.4) is 0 Å². The largest absolute Gasteiger partial charge is 0.465 e. The number of ether oxygens (including phenoxy) is 1. The standard InChI is InChI=1S/C19H28ClNO3S/c1-5-19(2,3)12-8-9-13-14(11-12)25-17(16(13)18(23)24-4)21-15(22)7-6-10-20/h12H,5-11H2,1-4H3,(H,21,22). The molecule has 0 radical (unpaired) electrons. The van der Waals surface area contributed by atoms with Gasteiger partial charge in [-0.3, -0.25) is 4.79 Å². The first-order chi connectivity index (χ1) is 11.8. The van der Waals surface area contributed by atoms with E-state index in [2.05, 4.69) is 26.1 Å². The van der Waals surface area contributed by atoms with Crippen LogP contribution in [0, 0.1) is 11.3 Å². The maximum atomic E-state index is 12.3. The van der Waals surface area contributed by atoms with Crippen LogP contribution in [-0.4, -0.2) is 24.9 Å². The topological polar surface area (TPSA) is 55.4 Å². The molecule has 0 fully saturated rings. The van der Waals surface area contributed by atoms with Crippen molar-refractivity contribution in [2.75, 3.05) is 18.3 Å². The number of amides is 1. The number of carbonyl (C=O) groups excluding carboxylic acids is 2. The van der Waals surface area contributed by atoms with Crippen molar-refractivity contribution in [3.8, 4) is 0 Å². The lowest BCUT2D eigenvalue weighted by Crippen LogP contribution is -2.28. The van der Waals surface area contributed by atoms with Crippen molar-refractivity contribution < 1.29 is 14.3 Å². The van der Waals surface area contributed by atoms with Crippen molar-refractivity contribution in [1.29, 1.82) is 0 Å². The lowest BCUT2D eigenvalue weighted by molar-refractivity contribution is -0.116. The van der Waals surface area contributed by atoms with Crippen LogP contribution < -0.4 is 5.32 Å². The molecule has 0 bridgehead atoms. The van der Waals surface area contributed by atoms with Crippen LogP contribution in [0.4, 0.5) is 5.00 Å². The predicted octanol–water partition coefficient (Wildman–Crippen LogP) is 5.03. The number of methoxy groups -OCH3 is 1. The number of alkyl halides is 1. The van der Waals surface area contributed by atoms with Crippen LogP contribution in [-0.2, 0) is 22.4 Å². The van der Waals surface area contributed by atoms with Crippen molar-refractivity contribution in [2.24, 2.45) is 11.3 Å². The third-order valence-corrected chi connectivity index (χ3v) is 6.90. The van der Waals surface area contributed by atoms with Crippen molar-refractivity contribution in [3.63, 3.8) is 0 Å². The molecule has 6 heteroatoms. The van der Waals surface area contributed by atoms with Gasteiger partial charge in [0.25, 0.3) is 0 Å². The Morgan fingerprint density at radius 1 is 1.40 bits per heavy atom. The van der Waals surface area contributed by atoms with Gasteiger partial charge >= 0.3 is 5.97 Å². The fraction of sp³-hybridized carbons (Fsp3) is 0.684. The first-order valence-corrected chi connectivity index (χ1v) is 10.3. The average molecular weight is 386 g/mol. The summed E-state index contributed by atoms with van der Waals surface area (Å²) >= 11 is 7.19. The highest BCUT2D eigenvalue weighted by atomic mass is 35.5. The number of fused-ring (bicyclic) bond motifs is 1. The third kappa shape index (κ3) is 4.56. The van der Waals surface area contributed by atoms with Crippen molar-refractivity contribution in [2.45, 2.75) is 59.3 Å². The Kier molecular flexibility index (Phi) is 6.92. The summed E-state index contributed by atoms with van der Waals surface area (Å²) in [6, 6.07) is 0. The molecule has 25 heavy (non-hydrogen) atoms. The second-order valence-corrected chi connectivity index (χ2v) is 8.81. The normalized spacial score (nSPS) is 17.1. The fourth-order valence-electron chi connectivity index (χ4n) is 3.36. The minimum Gasteiger partial charge on any atom is -0.465 e. The summed E-state index contributed by atoms with van der Waals surface area (Å²) < 4.78 is 4.97. The molecule has 0 saturated heterocycles. The number of thiophene rings is 1. The maximum absolute atomic E-state index is 12.3. The van der Waals surface area contributed by atoms with Gasteiger partial charge in [0.2, 0.25) is 5.91 Å². The molecule has 1 aliphatic carbocycles. The second kappa shape index (κ2) is 8.54.